The van der Waals surface area contributed by atoms with Crippen molar-refractivity contribution in [2.45, 2.75) is 162 Å². The van der Waals surface area contributed by atoms with Crippen LogP contribution in [0.1, 0.15) is 137 Å². The number of hydrogen-bond acceptors (Lipinski definition) is 2. The quantitative estimate of drug-likeness (QED) is 0.169. The van der Waals surface area contributed by atoms with Gasteiger partial charge in [-0.1, -0.05) is 54.7 Å². The van der Waals surface area contributed by atoms with Gasteiger partial charge in [-0.3, -0.25) is 0 Å². The second-order valence-corrected chi connectivity index (χ2v) is 23.9. The molecule has 1 heterocycles. The van der Waals surface area contributed by atoms with Gasteiger partial charge in [0.25, 0.3) is 0 Å². The summed E-state index contributed by atoms with van der Waals surface area (Å²) in [5, 5.41) is 0. The zero-order chi connectivity index (χ0) is 34.6. The van der Waals surface area contributed by atoms with Crippen LogP contribution in [0.25, 0.3) is 0 Å². The van der Waals surface area contributed by atoms with Gasteiger partial charge in [-0.25, -0.2) is 0 Å². The summed E-state index contributed by atoms with van der Waals surface area (Å²) in [6.45, 7) is 19.4. The number of nitrogens with zero attached hydrogens (tertiary/aromatic N) is 2. The van der Waals surface area contributed by atoms with Crippen molar-refractivity contribution in [3.63, 3.8) is 0 Å². The number of anilines is 2. The maximum absolute atomic E-state index is 5.34. The maximum Gasteiger partial charge on any atom is 0.0146 e. The first kappa shape index (κ1) is 40.1. The van der Waals surface area contributed by atoms with E-state index in [9.17, 15) is 0 Å². The summed E-state index contributed by atoms with van der Waals surface area (Å²) < 4.78 is 2.76. The molecule has 3 aliphatic carbocycles. The molecule has 0 amide bonds. The van der Waals surface area contributed by atoms with Gasteiger partial charge in [0.15, 0.2) is 0 Å². The molecule has 6 heteroatoms. The molecule has 0 aromatic heterocycles. The van der Waals surface area contributed by atoms with E-state index in [4.69, 9.17) is 19.4 Å². The van der Waals surface area contributed by atoms with Crippen LogP contribution in [0.4, 0.5) is 11.4 Å². The van der Waals surface area contributed by atoms with Crippen LogP contribution in [0.2, 0.25) is 0 Å². The molecule has 0 atom stereocenters. The van der Waals surface area contributed by atoms with Crippen molar-refractivity contribution < 1.29 is 13.5 Å². The molecule has 0 radical (unpaired) electrons. The molecule has 0 spiro atoms. The standard InChI is InChI=1S/C21H27N2.C18H33P.C3H4.2ClH.Ru/c1-14-9-16(3)20(17(4)10-14)22-7-8-23(13-22)21-18(5)11-15(2)12-19(21)6;1-4-10-16(11-5-1)19(17-12-6-2-7-13-17)18-14-8-3-9-15-18;1-3-2;;;/h9-13H,7-8H2,1-6H3;16-18H,1-15H2;3H,1H3;2*1H;/q-1;;;;;+2/p-1. The minimum atomic E-state index is -1.57. The van der Waals surface area contributed by atoms with E-state index < -0.39 is 13.5 Å². The number of benzene rings is 2. The van der Waals surface area contributed by atoms with Crippen molar-refractivity contribution in [1.29, 1.82) is 0 Å². The fraction of sp³-hybridized carbons (Fsp3) is 0.643. The maximum atomic E-state index is 5.34. The average Bonchev–Trinajstić information content (AvgIpc) is 3.51. The van der Waals surface area contributed by atoms with Crippen molar-refractivity contribution >= 4 is 42.9 Å². The third-order valence-corrected chi connectivity index (χ3v) is 17.5. The molecule has 6 rings (SSSR count). The van der Waals surface area contributed by atoms with E-state index in [1.165, 1.54) is 61.7 Å². The number of halogens is 2. The van der Waals surface area contributed by atoms with Crippen LogP contribution in [0.3, 0.4) is 0 Å². The largest absolute Gasteiger partial charge is 0.502 e. The van der Waals surface area contributed by atoms with Crippen LogP contribution >= 0.6 is 27.3 Å². The number of hydrogen-bond donors (Lipinski definition) is 0. The molecule has 270 valence electrons. The van der Waals surface area contributed by atoms with Gasteiger partial charge in [0.1, 0.15) is 0 Å². The Labute approximate surface area is 309 Å². The molecule has 1 aliphatic heterocycles. The molecule has 0 unspecified atom stereocenters. The van der Waals surface area contributed by atoms with E-state index >= 15 is 0 Å². The first-order valence-electron chi connectivity index (χ1n) is 19.0. The summed E-state index contributed by atoms with van der Waals surface area (Å²) in [5.41, 5.74) is 14.5. The Kier molecular flexibility index (Phi) is 17.0. The molecule has 0 bridgehead atoms. The second-order valence-electron chi connectivity index (χ2n) is 15.1. The number of allylic oxidation sites excluding steroid dienone is 1. The van der Waals surface area contributed by atoms with Gasteiger partial charge in [-0.15, -0.1) is 0 Å². The molecule has 0 N–H and O–H groups in total. The first-order valence-corrected chi connectivity index (χ1v) is 26.1. The molecule has 1 saturated heterocycles. The zero-order valence-corrected chi connectivity index (χ0v) is 35.5. The summed E-state index contributed by atoms with van der Waals surface area (Å²) in [6, 6.07) is 9.12. The topological polar surface area (TPSA) is 6.48 Å². The molecule has 2 nitrogen and oxygen atoms in total. The molecule has 4 aliphatic rings. The third-order valence-electron chi connectivity index (χ3n) is 11.1. The zero-order valence-electron chi connectivity index (χ0n) is 31.2. The van der Waals surface area contributed by atoms with Crippen LogP contribution in [-0.4, -0.2) is 34.3 Å². The van der Waals surface area contributed by atoms with E-state index in [0.717, 1.165) is 13.1 Å². The Balaban J connectivity index is 0.000000188. The van der Waals surface area contributed by atoms with Crippen LogP contribution in [0.15, 0.2) is 30.3 Å². The van der Waals surface area contributed by atoms with Crippen molar-refractivity contribution in [2.24, 2.45) is 0 Å². The molecule has 2 aromatic rings. The summed E-state index contributed by atoms with van der Waals surface area (Å²) in [5.74, 6) is 0. The van der Waals surface area contributed by atoms with Gasteiger partial charge in [0.05, 0.1) is 17.0 Å². The SMILES string of the molecule is C1CCC([PH+](C2CCCCC2)C2CCCCC2)CC1.CC=[C]=[Ru]([Cl])[Cl].Cc1cc(C)c(N2[CH-]N(c3c(C)cc(C)cc3C)CC2)c(C)c1. The third kappa shape index (κ3) is 11.7. The predicted octanol–water partition coefficient (Wildman–Crippen LogP) is 13.1. The fourth-order valence-electron chi connectivity index (χ4n) is 9.47. The van der Waals surface area contributed by atoms with E-state index in [1.807, 2.05) is 6.92 Å². The predicted molar refractivity (Wildman–Crippen MR) is 216 cm³/mol. The van der Waals surface area contributed by atoms with E-state index in [2.05, 4.69) is 86.5 Å². The van der Waals surface area contributed by atoms with E-state index in [-0.39, 0.29) is 7.92 Å². The van der Waals surface area contributed by atoms with Crippen LogP contribution in [-0.2, 0) is 13.5 Å². The van der Waals surface area contributed by atoms with Crippen LogP contribution < -0.4 is 9.80 Å². The summed E-state index contributed by atoms with van der Waals surface area (Å²) in [4.78, 5) is 4.81. The Bertz CT molecular complexity index is 1210. The first-order chi connectivity index (χ1) is 23.1. The summed E-state index contributed by atoms with van der Waals surface area (Å²) >= 11 is -1.57. The van der Waals surface area contributed by atoms with Crippen molar-refractivity contribution in [3.05, 3.63) is 70.4 Å². The molecule has 2 aromatic carbocycles. The van der Waals surface area contributed by atoms with E-state index in [0.29, 0.717) is 0 Å². The van der Waals surface area contributed by atoms with E-state index in [1.54, 1.807) is 102 Å². The van der Waals surface area contributed by atoms with Crippen LogP contribution in [0, 0.1) is 48.2 Å². The molecule has 3 saturated carbocycles. The summed E-state index contributed by atoms with van der Waals surface area (Å²) in [7, 11) is 10.6. The second kappa shape index (κ2) is 20.4. The Morgan fingerprint density at radius 3 is 1.17 bits per heavy atom. The minimum absolute atomic E-state index is 0.0465. The molecule has 48 heavy (non-hydrogen) atoms. The van der Waals surface area contributed by atoms with Crippen molar-refractivity contribution in [3.8, 4) is 0 Å². The minimum Gasteiger partial charge on any atom is -0.502 e. The van der Waals surface area contributed by atoms with Crippen LogP contribution in [0.5, 0.6) is 0 Å². The van der Waals surface area contributed by atoms with Gasteiger partial charge in [0, 0.05) is 32.4 Å². The molecular formula is C42H65Cl2N2PRu. The van der Waals surface area contributed by atoms with Crippen molar-refractivity contribution in [2.75, 3.05) is 22.9 Å². The van der Waals surface area contributed by atoms with Gasteiger partial charge in [-0.2, -0.15) is 6.67 Å². The molecular weight excluding hydrogens is 735 g/mol. The monoisotopic (exact) mass is 800 g/mol. The summed E-state index contributed by atoms with van der Waals surface area (Å²) in [6.07, 6.45) is 25.5. The Morgan fingerprint density at radius 1 is 0.604 bits per heavy atom. The Hall–Kier alpha value is -0.677. The average molecular weight is 801 g/mol. The Morgan fingerprint density at radius 2 is 0.917 bits per heavy atom. The van der Waals surface area contributed by atoms with Gasteiger partial charge in [0.2, 0.25) is 0 Å². The normalized spacial score (nSPS) is 19.7. The molecule has 4 fully saturated rings. The van der Waals surface area contributed by atoms with Crippen molar-refractivity contribution in [1.82, 2.24) is 0 Å². The van der Waals surface area contributed by atoms with Gasteiger partial charge in [-0.05, 0) is 141 Å². The number of rotatable bonds is 5. The van der Waals surface area contributed by atoms with Gasteiger partial charge >= 0.3 is 50.2 Å². The fourth-order valence-corrected chi connectivity index (χ4v) is 16.0. The number of aryl methyl sites for hydroxylation is 6. The smallest absolute Gasteiger partial charge is 0.0146 e. The van der Waals surface area contributed by atoms with Gasteiger partial charge < -0.3 is 9.80 Å².